The highest BCUT2D eigenvalue weighted by atomic mass is 16.5. The van der Waals surface area contributed by atoms with Gasteiger partial charge in [0.05, 0.1) is 22.3 Å². The average molecular weight is 987 g/mol. The molecule has 0 aliphatic rings. The first-order valence-electron chi connectivity index (χ1n) is 24.6. The van der Waals surface area contributed by atoms with Crippen molar-refractivity contribution in [2.24, 2.45) is 0 Å². The van der Waals surface area contributed by atoms with Gasteiger partial charge in [0.1, 0.15) is 23.0 Å². The minimum Gasteiger partial charge on any atom is -0.423 e. The molecule has 76 heavy (non-hydrogen) atoms. The van der Waals surface area contributed by atoms with Crippen LogP contribution in [0.1, 0.15) is 41.4 Å². The summed E-state index contributed by atoms with van der Waals surface area (Å²) in [5, 5.41) is 5.89. The third kappa shape index (κ3) is 9.30. The van der Waals surface area contributed by atoms with Crippen LogP contribution in [-0.2, 0) is 0 Å². The summed E-state index contributed by atoms with van der Waals surface area (Å²) in [6.45, 7) is 0. The zero-order valence-corrected chi connectivity index (χ0v) is 40.5. The highest BCUT2D eigenvalue weighted by Gasteiger charge is 2.23. The molecule has 12 aromatic rings. The molecule has 0 amide bonds. The van der Waals surface area contributed by atoms with Gasteiger partial charge in [-0.2, -0.15) is 0 Å². The molecule has 0 atom stereocenters. The number of hydrogen-bond donors (Lipinski definition) is 0. The fourth-order valence-corrected chi connectivity index (χ4v) is 9.71. The summed E-state index contributed by atoms with van der Waals surface area (Å²) in [5.41, 5.74) is 8.75. The van der Waals surface area contributed by atoms with Gasteiger partial charge < -0.3 is 18.9 Å². The summed E-state index contributed by atoms with van der Waals surface area (Å²) in [6.07, 6.45) is 0. The van der Waals surface area contributed by atoms with E-state index < -0.39 is 23.9 Å². The molecule has 0 N–H and O–H groups in total. The van der Waals surface area contributed by atoms with Crippen molar-refractivity contribution in [1.82, 2.24) is 0 Å². The zero-order chi connectivity index (χ0) is 51.5. The van der Waals surface area contributed by atoms with Gasteiger partial charge in [0, 0.05) is 0 Å². The van der Waals surface area contributed by atoms with E-state index in [1.807, 2.05) is 121 Å². The molecule has 12 aromatic carbocycles. The highest BCUT2D eigenvalue weighted by molar-refractivity contribution is 6.32. The van der Waals surface area contributed by atoms with Crippen molar-refractivity contribution in [3.8, 4) is 67.5 Å². The first kappa shape index (κ1) is 46.6. The Kier molecular flexibility index (Phi) is 12.4. The van der Waals surface area contributed by atoms with Gasteiger partial charge in [-0.1, -0.05) is 146 Å². The number of rotatable bonds is 12. The lowest BCUT2D eigenvalue weighted by molar-refractivity contribution is 0.0725. The largest absolute Gasteiger partial charge is 0.423 e. The van der Waals surface area contributed by atoms with Crippen LogP contribution in [0.15, 0.2) is 255 Å². The fraction of sp³-hybridized carbons (Fsp3) is 0. The summed E-state index contributed by atoms with van der Waals surface area (Å²) < 4.78 is 22.8. The minimum atomic E-state index is -0.470. The number of para-hydroxylation sites is 4. The Bertz CT molecular complexity index is 3570. The van der Waals surface area contributed by atoms with Crippen LogP contribution in [0.4, 0.5) is 0 Å². The monoisotopic (exact) mass is 986 g/mol. The lowest BCUT2D eigenvalue weighted by atomic mass is 9.81. The van der Waals surface area contributed by atoms with Gasteiger partial charge >= 0.3 is 23.9 Å². The van der Waals surface area contributed by atoms with Crippen molar-refractivity contribution in [3.05, 3.63) is 277 Å². The second-order valence-corrected chi connectivity index (χ2v) is 18.1. The first-order valence-corrected chi connectivity index (χ1v) is 24.6. The van der Waals surface area contributed by atoms with E-state index in [4.69, 9.17) is 18.9 Å². The third-order valence-corrected chi connectivity index (χ3v) is 13.4. The molecule has 0 spiro atoms. The van der Waals surface area contributed by atoms with Crippen LogP contribution in [0.2, 0.25) is 0 Å². The standard InChI is InChI=1S/C68H42O8/c69-65(73-51-13-5-1-6-14-51)47-29-21-43(22-30-47)59-41-60(44-23-31-48(32-24-44)66(70)74-52-15-7-2-8-16-52)56-39-40-58-62(46-27-35-50(36-28-46)68(72)76-54-19-11-4-12-20-54)42-61(57-38-37-55(59)63(56)64(57)58)45-25-33-49(34-26-45)67(71)75-53-17-9-3-10-18-53/h1-42H. The normalized spacial score (nSPS) is 11.1. The molecule has 0 heterocycles. The summed E-state index contributed by atoms with van der Waals surface area (Å²) >= 11 is 0. The number of hydrogen-bond acceptors (Lipinski definition) is 8. The summed E-state index contributed by atoms with van der Waals surface area (Å²) in [4.78, 5) is 53.5. The molecule has 0 aliphatic carbocycles. The first-order chi connectivity index (χ1) is 37.3. The SMILES string of the molecule is O=C(Oc1ccccc1)c1ccc(-c2cc(-c3ccc(C(=O)Oc4ccccc4)cc3)c3ccc4c(-c5ccc(C(=O)Oc6ccccc6)cc5)cc(-c5ccc(C(=O)Oc6ccccc6)cc5)c5ccc2c3c54)cc1. The average Bonchev–Trinajstić information content (AvgIpc) is 3.48. The maximum atomic E-state index is 13.4. The maximum absolute atomic E-state index is 13.4. The van der Waals surface area contributed by atoms with E-state index in [1.54, 1.807) is 97.1 Å². The summed E-state index contributed by atoms with van der Waals surface area (Å²) in [6, 6.07) is 78.5. The Morgan fingerprint density at radius 1 is 0.224 bits per heavy atom. The fourth-order valence-electron chi connectivity index (χ4n) is 9.71. The molecule has 8 heteroatoms. The van der Waals surface area contributed by atoms with Crippen LogP contribution >= 0.6 is 0 Å². The number of esters is 4. The molecular weight excluding hydrogens is 945 g/mol. The van der Waals surface area contributed by atoms with E-state index in [2.05, 4.69) is 36.4 Å². The Morgan fingerprint density at radius 3 is 0.618 bits per heavy atom. The lowest BCUT2D eigenvalue weighted by Gasteiger charge is -2.22. The predicted molar refractivity (Wildman–Crippen MR) is 297 cm³/mol. The molecule has 12 rings (SSSR count). The van der Waals surface area contributed by atoms with E-state index in [1.165, 1.54) is 0 Å². The van der Waals surface area contributed by atoms with Gasteiger partial charge in [0.25, 0.3) is 0 Å². The van der Waals surface area contributed by atoms with E-state index in [0.717, 1.165) is 76.8 Å². The molecule has 0 fully saturated rings. The molecule has 0 bridgehead atoms. The van der Waals surface area contributed by atoms with Gasteiger partial charge in [-0.25, -0.2) is 19.2 Å². The van der Waals surface area contributed by atoms with E-state index in [-0.39, 0.29) is 0 Å². The number of benzene rings is 12. The van der Waals surface area contributed by atoms with Crippen LogP contribution in [0.3, 0.4) is 0 Å². The van der Waals surface area contributed by atoms with Crippen LogP contribution in [-0.4, -0.2) is 23.9 Å². The molecule has 0 saturated heterocycles. The van der Waals surface area contributed by atoms with Crippen LogP contribution in [0.5, 0.6) is 23.0 Å². The van der Waals surface area contributed by atoms with Gasteiger partial charge in [0.2, 0.25) is 0 Å². The lowest BCUT2D eigenvalue weighted by Crippen LogP contribution is -2.08. The van der Waals surface area contributed by atoms with Gasteiger partial charge in [-0.05, 0) is 186 Å². The Morgan fingerprint density at radius 2 is 0.421 bits per heavy atom. The van der Waals surface area contributed by atoms with E-state index in [0.29, 0.717) is 45.3 Å². The third-order valence-electron chi connectivity index (χ3n) is 13.4. The quantitative estimate of drug-likeness (QED) is 0.0677. The number of carbonyl (C=O) groups is 4. The molecule has 0 aliphatic heterocycles. The van der Waals surface area contributed by atoms with Crippen molar-refractivity contribution in [2.75, 3.05) is 0 Å². The van der Waals surface area contributed by atoms with Gasteiger partial charge in [-0.3, -0.25) is 0 Å². The van der Waals surface area contributed by atoms with E-state index in [9.17, 15) is 19.2 Å². The van der Waals surface area contributed by atoms with Crippen LogP contribution in [0, 0.1) is 0 Å². The molecule has 362 valence electrons. The molecule has 0 unspecified atom stereocenters. The van der Waals surface area contributed by atoms with Crippen molar-refractivity contribution < 1.29 is 38.1 Å². The topological polar surface area (TPSA) is 105 Å². The predicted octanol–water partition coefficient (Wildman–Crippen LogP) is 16.1. The van der Waals surface area contributed by atoms with Gasteiger partial charge in [0.15, 0.2) is 0 Å². The molecule has 0 radical (unpaired) electrons. The molecular formula is C68H42O8. The molecule has 0 saturated carbocycles. The Hall–Kier alpha value is -10.4. The smallest absolute Gasteiger partial charge is 0.343 e. The molecule has 0 aromatic heterocycles. The van der Waals surface area contributed by atoms with Gasteiger partial charge in [-0.15, -0.1) is 0 Å². The van der Waals surface area contributed by atoms with Crippen LogP contribution in [0.25, 0.3) is 76.8 Å². The van der Waals surface area contributed by atoms with E-state index >= 15 is 0 Å². The second-order valence-electron chi connectivity index (χ2n) is 18.1. The van der Waals surface area contributed by atoms with Crippen LogP contribution < -0.4 is 18.9 Å². The maximum Gasteiger partial charge on any atom is 0.343 e. The van der Waals surface area contributed by atoms with Crippen molar-refractivity contribution in [3.63, 3.8) is 0 Å². The number of ether oxygens (including phenoxy) is 4. The second kappa shape index (κ2) is 20.2. The number of carbonyl (C=O) groups excluding carboxylic acids is 4. The summed E-state index contributed by atoms with van der Waals surface area (Å²) in [5.74, 6) is -0.0700. The Labute approximate surface area is 436 Å². The summed E-state index contributed by atoms with van der Waals surface area (Å²) in [7, 11) is 0. The minimum absolute atomic E-state index is 0.400. The Balaban J connectivity index is 1.03. The highest BCUT2D eigenvalue weighted by Crippen LogP contribution is 2.48. The van der Waals surface area contributed by atoms with Crippen molar-refractivity contribution in [2.45, 2.75) is 0 Å². The van der Waals surface area contributed by atoms with Crippen molar-refractivity contribution >= 4 is 56.2 Å². The zero-order valence-electron chi connectivity index (χ0n) is 40.5. The molecule has 8 nitrogen and oxygen atoms in total. The van der Waals surface area contributed by atoms with Crippen molar-refractivity contribution in [1.29, 1.82) is 0 Å².